The lowest BCUT2D eigenvalue weighted by molar-refractivity contribution is 0.906. The van der Waals surface area contributed by atoms with Gasteiger partial charge < -0.3 is 0 Å². The monoisotopic (exact) mass is 152 g/mol. The molecule has 0 saturated heterocycles. The van der Waals surface area contributed by atoms with Gasteiger partial charge in [-0.15, -0.1) is 11.6 Å². The van der Waals surface area contributed by atoms with E-state index in [4.69, 9.17) is 11.6 Å². The van der Waals surface area contributed by atoms with Crippen LogP contribution in [0.25, 0.3) is 0 Å². The van der Waals surface area contributed by atoms with E-state index in [1.807, 2.05) is 11.8 Å². The van der Waals surface area contributed by atoms with Crippen LogP contribution in [0.3, 0.4) is 0 Å². The van der Waals surface area contributed by atoms with Crippen molar-refractivity contribution in [2.24, 2.45) is 0 Å². The fourth-order valence-electron chi connectivity index (χ4n) is 0.364. The summed E-state index contributed by atoms with van der Waals surface area (Å²) < 4.78 is 0. The number of hydrogen-bond donors (Lipinski definition) is 0. The third-order valence-electron chi connectivity index (χ3n) is 1.05. The Morgan fingerprint density at radius 1 is 1.62 bits per heavy atom. The van der Waals surface area contributed by atoms with Crippen molar-refractivity contribution >= 4 is 23.4 Å². The standard InChI is InChI=1S/C6H13ClS/c1-3-6(2)8-5-4-7/h6H,3-5H2,1-2H3/t6-/m0/s1. The molecule has 0 radical (unpaired) electrons. The Kier molecular flexibility index (Phi) is 6.23. The van der Waals surface area contributed by atoms with Crippen LogP contribution in [0.15, 0.2) is 0 Å². The highest BCUT2D eigenvalue weighted by Gasteiger charge is 1.95. The van der Waals surface area contributed by atoms with Crippen molar-refractivity contribution in [1.29, 1.82) is 0 Å². The predicted octanol–water partition coefficient (Wildman–Crippen LogP) is 2.76. The Morgan fingerprint density at radius 3 is 2.62 bits per heavy atom. The van der Waals surface area contributed by atoms with E-state index >= 15 is 0 Å². The molecule has 0 bridgehead atoms. The average Bonchev–Trinajstić information content (AvgIpc) is 1.83. The first kappa shape index (κ1) is 8.64. The van der Waals surface area contributed by atoms with Crippen molar-refractivity contribution in [3.63, 3.8) is 0 Å². The van der Waals surface area contributed by atoms with Gasteiger partial charge in [0, 0.05) is 16.9 Å². The molecule has 2 heteroatoms. The largest absolute Gasteiger partial charge is 0.158 e. The maximum atomic E-state index is 5.48. The van der Waals surface area contributed by atoms with Gasteiger partial charge in [-0.05, 0) is 6.42 Å². The molecule has 0 spiro atoms. The molecule has 0 amide bonds. The second kappa shape index (κ2) is 5.77. The quantitative estimate of drug-likeness (QED) is 0.559. The summed E-state index contributed by atoms with van der Waals surface area (Å²) in [5.41, 5.74) is 0. The van der Waals surface area contributed by atoms with Gasteiger partial charge in [0.2, 0.25) is 0 Å². The van der Waals surface area contributed by atoms with Crippen molar-refractivity contribution in [3.8, 4) is 0 Å². The fraction of sp³-hybridized carbons (Fsp3) is 1.00. The molecule has 50 valence electrons. The molecule has 0 unspecified atom stereocenters. The lowest BCUT2D eigenvalue weighted by Crippen LogP contribution is -1.94. The van der Waals surface area contributed by atoms with Gasteiger partial charge in [0.1, 0.15) is 0 Å². The highest BCUT2D eigenvalue weighted by molar-refractivity contribution is 7.99. The number of alkyl halides is 1. The summed E-state index contributed by atoms with van der Waals surface area (Å²) in [4.78, 5) is 0. The summed E-state index contributed by atoms with van der Waals surface area (Å²) in [5.74, 6) is 1.88. The third-order valence-corrected chi connectivity index (χ3v) is 2.81. The SMILES string of the molecule is CC[C@H](C)SCCCl. The van der Waals surface area contributed by atoms with Crippen LogP contribution >= 0.6 is 23.4 Å². The molecule has 0 aromatic heterocycles. The molecule has 0 aliphatic rings. The molecule has 0 aromatic rings. The summed E-state index contributed by atoms with van der Waals surface area (Å²) in [6, 6.07) is 0. The minimum Gasteiger partial charge on any atom is -0.158 e. The third kappa shape index (κ3) is 4.79. The molecule has 0 aliphatic heterocycles. The summed E-state index contributed by atoms with van der Waals surface area (Å²) in [5, 5.41) is 0.786. The maximum Gasteiger partial charge on any atom is 0.0314 e. The van der Waals surface area contributed by atoms with Gasteiger partial charge in [0.15, 0.2) is 0 Å². The van der Waals surface area contributed by atoms with E-state index in [9.17, 15) is 0 Å². The molecule has 0 aromatic carbocycles. The van der Waals surface area contributed by atoms with Crippen molar-refractivity contribution in [2.45, 2.75) is 25.5 Å². The van der Waals surface area contributed by atoms with Gasteiger partial charge in [-0.1, -0.05) is 13.8 Å². The highest BCUT2D eigenvalue weighted by Crippen LogP contribution is 2.12. The molecule has 1 atom stereocenters. The minimum atomic E-state index is 0.786. The summed E-state index contributed by atoms with van der Waals surface area (Å²) in [7, 11) is 0. The van der Waals surface area contributed by atoms with Crippen LogP contribution in [0.2, 0.25) is 0 Å². The number of hydrogen-bond acceptors (Lipinski definition) is 1. The average molecular weight is 153 g/mol. The first-order valence-corrected chi connectivity index (χ1v) is 4.57. The molecule has 0 saturated carbocycles. The van der Waals surface area contributed by atoms with E-state index in [1.54, 1.807) is 0 Å². The van der Waals surface area contributed by atoms with Gasteiger partial charge in [0.05, 0.1) is 0 Å². The Bertz CT molecular complexity index is 47.8. The van der Waals surface area contributed by atoms with Crippen LogP contribution in [0, 0.1) is 0 Å². The normalized spacial score (nSPS) is 13.9. The van der Waals surface area contributed by atoms with E-state index in [2.05, 4.69) is 13.8 Å². The van der Waals surface area contributed by atoms with Crippen molar-refractivity contribution in [1.82, 2.24) is 0 Å². The molecular formula is C6H13ClS. The summed E-state index contributed by atoms with van der Waals surface area (Å²) in [6.45, 7) is 4.43. The molecule has 0 heterocycles. The maximum absolute atomic E-state index is 5.48. The molecular weight excluding hydrogens is 140 g/mol. The first-order valence-electron chi connectivity index (χ1n) is 2.98. The van der Waals surface area contributed by atoms with E-state index in [0.29, 0.717) is 0 Å². The molecule has 0 fully saturated rings. The van der Waals surface area contributed by atoms with Gasteiger partial charge >= 0.3 is 0 Å². The second-order valence-corrected chi connectivity index (χ2v) is 3.70. The predicted molar refractivity (Wildman–Crippen MR) is 42.9 cm³/mol. The molecule has 0 rings (SSSR count). The van der Waals surface area contributed by atoms with Crippen LogP contribution in [-0.2, 0) is 0 Å². The van der Waals surface area contributed by atoms with Crippen LogP contribution in [-0.4, -0.2) is 16.9 Å². The lowest BCUT2D eigenvalue weighted by Gasteiger charge is -2.04. The number of thioether (sulfide) groups is 1. The first-order chi connectivity index (χ1) is 3.81. The number of halogens is 1. The zero-order chi connectivity index (χ0) is 6.41. The van der Waals surface area contributed by atoms with Gasteiger partial charge in [-0.25, -0.2) is 0 Å². The summed E-state index contributed by atoms with van der Waals surface area (Å²) >= 11 is 7.43. The van der Waals surface area contributed by atoms with Crippen molar-refractivity contribution in [2.75, 3.05) is 11.6 Å². The molecule has 8 heavy (non-hydrogen) atoms. The Balaban J connectivity index is 2.86. The lowest BCUT2D eigenvalue weighted by atomic mass is 10.4. The summed E-state index contributed by atoms with van der Waals surface area (Å²) in [6.07, 6.45) is 1.25. The smallest absolute Gasteiger partial charge is 0.0314 e. The minimum absolute atomic E-state index is 0.786. The fourth-order valence-corrected chi connectivity index (χ4v) is 1.36. The van der Waals surface area contributed by atoms with Crippen molar-refractivity contribution in [3.05, 3.63) is 0 Å². The van der Waals surface area contributed by atoms with Crippen LogP contribution in [0.1, 0.15) is 20.3 Å². The van der Waals surface area contributed by atoms with E-state index in [1.165, 1.54) is 6.42 Å². The Hall–Kier alpha value is 0.640. The molecule has 0 aliphatic carbocycles. The van der Waals surface area contributed by atoms with Crippen LogP contribution in [0.4, 0.5) is 0 Å². The second-order valence-electron chi connectivity index (χ2n) is 1.78. The van der Waals surface area contributed by atoms with E-state index in [0.717, 1.165) is 16.9 Å². The van der Waals surface area contributed by atoms with E-state index < -0.39 is 0 Å². The van der Waals surface area contributed by atoms with Gasteiger partial charge in [0.25, 0.3) is 0 Å². The zero-order valence-electron chi connectivity index (χ0n) is 5.48. The Morgan fingerprint density at radius 2 is 2.25 bits per heavy atom. The number of rotatable bonds is 4. The van der Waals surface area contributed by atoms with Crippen LogP contribution < -0.4 is 0 Å². The van der Waals surface area contributed by atoms with Crippen LogP contribution in [0.5, 0.6) is 0 Å². The van der Waals surface area contributed by atoms with Gasteiger partial charge in [-0.2, -0.15) is 11.8 Å². The van der Waals surface area contributed by atoms with Gasteiger partial charge in [-0.3, -0.25) is 0 Å². The zero-order valence-corrected chi connectivity index (χ0v) is 7.06. The van der Waals surface area contributed by atoms with E-state index in [-0.39, 0.29) is 0 Å². The highest BCUT2D eigenvalue weighted by atomic mass is 35.5. The Labute approximate surface area is 61.0 Å². The molecule has 0 nitrogen and oxygen atoms in total. The van der Waals surface area contributed by atoms with Crippen molar-refractivity contribution < 1.29 is 0 Å². The molecule has 0 N–H and O–H groups in total. The topological polar surface area (TPSA) is 0 Å².